The van der Waals surface area contributed by atoms with Gasteiger partial charge in [-0.2, -0.15) is 0 Å². The van der Waals surface area contributed by atoms with Gasteiger partial charge in [-0.05, 0) is 19.4 Å². The molecule has 1 rings (SSSR count). The lowest BCUT2D eigenvalue weighted by Crippen LogP contribution is -2.35. The van der Waals surface area contributed by atoms with Crippen LogP contribution >= 0.6 is 0 Å². The van der Waals surface area contributed by atoms with E-state index in [0.29, 0.717) is 25.9 Å². The van der Waals surface area contributed by atoms with Crippen LogP contribution < -0.4 is 5.73 Å². The number of carbonyl (C=O) groups excluding carboxylic acids is 1. The first kappa shape index (κ1) is 15.0. The molecule has 3 N–H and O–H groups in total. The summed E-state index contributed by atoms with van der Waals surface area (Å²) in [5.41, 5.74) is 7.58. The van der Waals surface area contributed by atoms with Crippen LogP contribution in [0.5, 0.6) is 0 Å². The van der Waals surface area contributed by atoms with E-state index < -0.39 is 0 Å². The van der Waals surface area contributed by atoms with E-state index in [9.17, 15) is 4.79 Å². The number of oxime groups is 1. The standard InChI is InChI=1S/C14H21N3O2/c1-3-17(9-8-13(15)16-19)14(18)10-12-6-4-11(2)5-7-12/h4-7,19H,3,8-10H2,1-2H3,(H2,15,16). The first-order valence-electron chi connectivity index (χ1n) is 6.36. The van der Waals surface area contributed by atoms with Crippen LogP contribution in [-0.2, 0) is 11.2 Å². The minimum atomic E-state index is 0.0529. The van der Waals surface area contributed by atoms with Crippen LogP contribution in [0.4, 0.5) is 0 Å². The molecule has 0 fully saturated rings. The maximum atomic E-state index is 12.1. The summed E-state index contributed by atoms with van der Waals surface area (Å²) in [6, 6.07) is 7.92. The maximum Gasteiger partial charge on any atom is 0.226 e. The molecule has 0 aliphatic heterocycles. The van der Waals surface area contributed by atoms with Crippen molar-refractivity contribution in [2.75, 3.05) is 13.1 Å². The lowest BCUT2D eigenvalue weighted by molar-refractivity contribution is -0.130. The van der Waals surface area contributed by atoms with Gasteiger partial charge in [0.15, 0.2) is 0 Å². The highest BCUT2D eigenvalue weighted by atomic mass is 16.4. The largest absolute Gasteiger partial charge is 0.409 e. The SMILES string of the molecule is CCN(CCC(N)=NO)C(=O)Cc1ccc(C)cc1. The molecule has 0 radical (unpaired) electrons. The van der Waals surface area contributed by atoms with Crippen molar-refractivity contribution < 1.29 is 10.0 Å². The lowest BCUT2D eigenvalue weighted by Gasteiger charge is -2.20. The van der Waals surface area contributed by atoms with Gasteiger partial charge in [0.2, 0.25) is 5.91 Å². The summed E-state index contributed by atoms with van der Waals surface area (Å²) in [6.45, 7) is 5.01. The summed E-state index contributed by atoms with van der Waals surface area (Å²) in [5.74, 6) is 0.193. The number of hydrogen-bond donors (Lipinski definition) is 2. The molecule has 0 atom stereocenters. The molecular formula is C14H21N3O2. The second kappa shape index (κ2) is 7.41. The number of rotatable bonds is 6. The average Bonchev–Trinajstić information content (AvgIpc) is 2.41. The second-order valence-electron chi connectivity index (χ2n) is 4.48. The fraction of sp³-hybridized carbons (Fsp3) is 0.429. The highest BCUT2D eigenvalue weighted by Gasteiger charge is 2.12. The highest BCUT2D eigenvalue weighted by molar-refractivity contribution is 5.82. The summed E-state index contributed by atoms with van der Waals surface area (Å²) in [4.78, 5) is 13.8. The van der Waals surface area contributed by atoms with E-state index in [0.717, 1.165) is 5.56 Å². The van der Waals surface area contributed by atoms with Gasteiger partial charge in [-0.3, -0.25) is 4.79 Å². The Morgan fingerprint density at radius 2 is 2.00 bits per heavy atom. The molecule has 1 aromatic carbocycles. The summed E-state index contributed by atoms with van der Waals surface area (Å²) in [6.07, 6.45) is 0.758. The Hall–Kier alpha value is -2.04. The Bertz CT molecular complexity index is 441. The Morgan fingerprint density at radius 1 is 1.37 bits per heavy atom. The third kappa shape index (κ3) is 4.99. The van der Waals surface area contributed by atoms with Crippen LogP contribution in [0.1, 0.15) is 24.5 Å². The van der Waals surface area contributed by atoms with Crippen molar-refractivity contribution in [1.82, 2.24) is 4.90 Å². The molecule has 0 saturated heterocycles. The Balaban J connectivity index is 2.56. The van der Waals surface area contributed by atoms with Gasteiger partial charge in [0.05, 0.1) is 6.42 Å². The van der Waals surface area contributed by atoms with Gasteiger partial charge >= 0.3 is 0 Å². The highest BCUT2D eigenvalue weighted by Crippen LogP contribution is 2.06. The number of aryl methyl sites for hydroxylation is 1. The minimum absolute atomic E-state index is 0.0529. The average molecular weight is 263 g/mol. The molecule has 0 spiro atoms. The Labute approximate surface area is 113 Å². The molecule has 5 nitrogen and oxygen atoms in total. The number of benzene rings is 1. The van der Waals surface area contributed by atoms with Crippen molar-refractivity contribution in [2.45, 2.75) is 26.7 Å². The van der Waals surface area contributed by atoms with Gasteiger partial charge in [0.25, 0.3) is 0 Å². The van der Waals surface area contributed by atoms with Crippen LogP contribution in [0.15, 0.2) is 29.4 Å². The van der Waals surface area contributed by atoms with Crippen molar-refractivity contribution in [1.29, 1.82) is 0 Å². The van der Waals surface area contributed by atoms with E-state index in [1.807, 2.05) is 38.1 Å². The van der Waals surface area contributed by atoms with Crippen LogP contribution in [0.3, 0.4) is 0 Å². The number of amides is 1. The molecule has 5 heteroatoms. The van der Waals surface area contributed by atoms with Gasteiger partial charge in [-0.15, -0.1) is 0 Å². The van der Waals surface area contributed by atoms with Gasteiger partial charge in [0, 0.05) is 19.5 Å². The quantitative estimate of drug-likeness (QED) is 0.353. The smallest absolute Gasteiger partial charge is 0.226 e. The number of nitrogens with two attached hydrogens (primary N) is 1. The third-order valence-electron chi connectivity index (χ3n) is 2.98. The lowest BCUT2D eigenvalue weighted by atomic mass is 10.1. The molecule has 1 amide bonds. The Morgan fingerprint density at radius 3 is 2.53 bits per heavy atom. The fourth-order valence-electron chi connectivity index (χ4n) is 1.75. The van der Waals surface area contributed by atoms with E-state index >= 15 is 0 Å². The zero-order chi connectivity index (χ0) is 14.3. The molecule has 0 aliphatic carbocycles. The molecule has 0 unspecified atom stereocenters. The number of nitrogens with zero attached hydrogens (tertiary/aromatic N) is 2. The van der Waals surface area contributed by atoms with E-state index in [-0.39, 0.29) is 11.7 Å². The van der Waals surface area contributed by atoms with Crippen molar-refractivity contribution in [2.24, 2.45) is 10.9 Å². The topological polar surface area (TPSA) is 78.9 Å². The van der Waals surface area contributed by atoms with E-state index in [4.69, 9.17) is 10.9 Å². The molecule has 0 aromatic heterocycles. The summed E-state index contributed by atoms with van der Waals surface area (Å²) in [5, 5.41) is 11.4. The number of amidine groups is 1. The number of likely N-dealkylation sites (N-methyl/N-ethyl adjacent to an activating group) is 1. The summed E-state index contributed by atoms with van der Waals surface area (Å²) in [7, 11) is 0. The van der Waals surface area contributed by atoms with E-state index in [1.165, 1.54) is 5.56 Å². The zero-order valence-electron chi connectivity index (χ0n) is 11.5. The molecule has 0 bridgehead atoms. The Kier molecular flexibility index (Phi) is 5.85. The summed E-state index contributed by atoms with van der Waals surface area (Å²) >= 11 is 0. The zero-order valence-corrected chi connectivity index (χ0v) is 11.5. The predicted molar refractivity (Wildman–Crippen MR) is 75.2 cm³/mol. The monoisotopic (exact) mass is 263 g/mol. The molecular weight excluding hydrogens is 242 g/mol. The second-order valence-corrected chi connectivity index (χ2v) is 4.48. The molecule has 1 aromatic rings. The molecule has 0 heterocycles. The van der Waals surface area contributed by atoms with Crippen molar-refractivity contribution in [3.63, 3.8) is 0 Å². The number of carbonyl (C=O) groups is 1. The van der Waals surface area contributed by atoms with Crippen molar-refractivity contribution in [3.05, 3.63) is 35.4 Å². The van der Waals surface area contributed by atoms with Crippen molar-refractivity contribution >= 4 is 11.7 Å². The van der Waals surface area contributed by atoms with Crippen LogP contribution in [0.2, 0.25) is 0 Å². The van der Waals surface area contributed by atoms with Crippen LogP contribution in [0, 0.1) is 6.92 Å². The summed E-state index contributed by atoms with van der Waals surface area (Å²) < 4.78 is 0. The molecule has 0 aliphatic rings. The van der Waals surface area contributed by atoms with E-state index in [2.05, 4.69) is 5.16 Å². The molecule has 104 valence electrons. The van der Waals surface area contributed by atoms with Crippen LogP contribution in [-0.4, -0.2) is 34.9 Å². The van der Waals surface area contributed by atoms with Gasteiger partial charge in [-0.25, -0.2) is 0 Å². The van der Waals surface area contributed by atoms with Gasteiger partial charge in [0.1, 0.15) is 5.84 Å². The predicted octanol–water partition coefficient (Wildman–Crippen LogP) is 1.52. The first-order chi connectivity index (χ1) is 9.06. The van der Waals surface area contributed by atoms with Crippen LogP contribution in [0.25, 0.3) is 0 Å². The fourth-order valence-corrected chi connectivity index (χ4v) is 1.75. The van der Waals surface area contributed by atoms with E-state index in [1.54, 1.807) is 4.90 Å². The minimum Gasteiger partial charge on any atom is -0.409 e. The van der Waals surface area contributed by atoms with Gasteiger partial charge < -0.3 is 15.8 Å². The van der Waals surface area contributed by atoms with Gasteiger partial charge in [-0.1, -0.05) is 35.0 Å². The number of hydrogen-bond acceptors (Lipinski definition) is 3. The normalized spacial score (nSPS) is 11.4. The molecule has 0 saturated carbocycles. The first-order valence-corrected chi connectivity index (χ1v) is 6.36. The maximum absolute atomic E-state index is 12.1. The van der Waals surface area contributed by atoms with Crippen molar-refractivity contribution in [3.8, 4) is 0 Å². The third-order valence-corrected chi connectivity index (χ3v) is 2.98. The molecule has 19 heavy (non-hydrogen) atoms.